The summed E-state index contributed by atoms with van der Waals surface area (Å²) in [6.45, 7) is 3.82. The molecule has 0 spiro atoms. The summed E-state index contributed by atoms with van der Waals surface area (Å²) in [4.78, 5) is 11.9. The minimum atomic E-state index is -0.181. The second-order valence-electron chi connectivity index (χ2n) is 3.70. The highest BCUT2D eigenvalue weighted by molar-refractivity contribution is 9.10. The van der Waals surface area contributed by atoms with Crippen molar-refractivity contribution in [3.8, 4) is 0 Å². The Bertz CT molecular complexity index is 375. The van der Waals surface area contributed by atoms with Gasteiger partial charge < -0.3 is 10.4 Å². The molecule has 0 aliphatic carbocycles. The molecule has 0 bridgehead atoms. The molecule has 4 heteroatoms. The van der Waals surface area contributed by atoms with Crippen molar-refractivity contribution in [1.82, 2.24) is 5.32 Å². The molecule has 2 N–H and O–H groups in total. The van der Waals surface area contributed by atoms with E-state index in [1.807, 2.05) is 26.0 Å². The standard InChI is InChI=1S/C12H16BrNO2/c1-3-9(7-15)14-12(16)10-6-4-5-8(2)11(10)13/h4-6,9,15H,3,7H2,1-2H3,(H,14,16)/t9-/m0/s1. The van der Waals surface area contributed by atoms with E-state index in [1.165, 1.54) is 0 Å². The maximum atomic E-state index is 11.9. The minimum absolute atomic E-state index is 0.0360. The third kappa shape index (κ3) is 3.06. The SMILES string of the molecule is CC[C@@H](CO)NC(=O)c1cccc(C)c1Br. The molecule has 0 fully saturated rings. The van der Waals surface area contributed by atoms with E-state index in [0.717, 1.165) is 10.0 Å². The number of carbonyl (C=O) groups excluding carboxylic acids is 1. The predicted octanol–water partition coefficient (Wildman–Crippen LogP) is 2.26. The molecule has 0 unspecified atom stereocenters. The van der Waals surface area contributed by atoms with Gasteiger partial charge in [-0.2, -0.15) is 0 Å². The number of aliphatic hydroxyl groups excluding tert-OH is 1. The van der Waals surface area contributed by atoms with Crippen molar-refractivity contribution in [3.05, 3.63) is 33.8 Å². The maximum Gasteiger partial charge on any atom is 0.252 e. The van der Waals surface area contributed by atoms with Crippen molar-refractivity contribution in [2.45, 2.75) is 26.3 Å². The average molecular weight is 286 g/mol. The van der Waals surface area contributed by atoms with Crippen LogP contribution in [-0.4, -0.2) is 23.7 Å². The van der Waals surface area contributed by atoms with E-state index >= 15 is 0 Å². The van der Waals surface area contributed by atoms with Crippen molar-refractivity contribution in [3.63, 3.8) is 0 Å². The number of benzene rings is 1. The normalized spacial score (nSPS) is 12.2. The number of rotatable bonds is 4. The van der Waals surface area contributed by atoms with Crippen LogP contribution in [0.15, 0.2) is 22.7 Å². The Labute approximate surface area is 104 Å². The zero-order chi connectivity index (χ0) is 12.1. The van der Waals surface area contributed by atoms with Crippen molar-refractivity contribution in [2.75, 3.05) is 6.61 Å². The van der Waals surface area contributed by atoms with E-state index in [0.29, 0.717) is 12.0 Å². The lowest BCUT2D eigenvalue weighted by Gasteiger charge is -2.15. The lowest BCUT2D eigenvalue weighted by Crippen LogP contribution is -2.37. The number of aryl methyl sites for hydroxylation is 1. The summed E-state index contributed by atoms with van der Waals surface area (Å²) in [6.07, 6.45) is 0.714. The molecule has 1 amide bonds. The molecule has 0 radical (unpaired) electrons. The van der Waals surface area contributed by atoms with Crippen LogP contribution in [0.3, 0.4) is 0 Å². The summed E-state index contributed by atoms with van der Waals surface area (Å²) in [5.74, 6) is -0.156. The zero-order valence-corrected chi connectivity index (χ0v) is 11.0. The van der Waals surface area contributed by atoms with Crippen LogP contribution in [0.1, 0.15) is 29.3 Å². The van der Waals surface area contributed by atoms with Crippen LogP contribution in [0.5, 0.6) is 0 Å². The molecule has 0 aliphatic rings. The molecule has 0 aliphatic heterocycles. The molecule has 0 heterocycles. The fraction of sp³-hybridized carbons (Fsp3) is 0.417. The van der Waals surface area contributed by atoms with Gasteiger partial charge >= 0.3 is 0 Å². The summed E-state index contributed by atoms with van der Waals surface area (Å²) in [6, 6.07) is 5.36. The highest BCUT2D eigenvalue weighted by atomic mass is 79.9. The summed E-state index contributed by atoms with van der Waals surface area (Å²) >= 11 is 3.39. The molecule has 1 aromatic carbocycles. The van der Waals surface area contributed by atoms with E-state index in [-0.39, 0.29) is 18.6 Å². The van der Waals surface area contributed by atoms with Crippen molar-refractivity contribution in [1.29, 1.82) is 0 Å². The lowest BCUT2D eigenvalue weighted by atomic mass is 10.1. The first-order chi connectivity index (χ1) is 7.60. The molecular weight excluding hydrogens is 270 g/mol. The van der Waals surface area contributed by atoms with Gasteiger partial charge in [-0.1, -0.05) is 19.1 Å². The molecule has 3 nitrogen and oxygen atoms in total. The zero-order valence-electron chi connectivity index (χ0n) is 9.46. The molecule has 1 rings (SSSR count). The van der Waals surface area contributed by atoms with Crippen LogP contribution in [0.4, 0.5) is 0 Å². The number of hydrogen-bond acceptors (Lipinski definition) is 2. The Kier molecular flexibility index (Phi) is 4.96. The van der Waals surface area contributed by atoms with Gasteiger partial charge in [-0.15, -0.1) is 0 Å². The Hall–Kier alpha value is -0.870. The Morgan fingerprint density at radius 3 is 2.81 bits per heavy atom. The third-order valence-corrected chi connectivity index (χ3v) is 3.54. The van der Waals surface area contributed by atoms with Gasteiger partial charge in [0.15, 0.2) is 0 Å². The molecule has 0 saturated heterocycles. The number of halogens is 1. The molecule has 16 heavy (non-hydrogen) atoms. The van der Waals surface area contributed by atoms with Gasteiger partial charge in [-0.05, 0) is 40.9 Å². The van der Waals surface area contributed by atoms with Gasteiger partial charge in [0.1, 0.15) is 0 Å². The Balaban J connectivity index is 2.84. The number of aliphatic hydroxyl groups is 1. The van der Waals surface area contributed by atoms with Gasteiger partial charge in [0.25, 0.3) is 5.91 Å². The van der Waals surface area contributed by atoms with Crippen LogP contribution in [0.2, 0.25) is 0 Å². The van der Waals surface area contributed by atoms with Gasteiger partial charge in [-0.3, -0.25) is 4.79 Å². The van der Waals surface area contributed by atoms with Gasteiger partial charge in [0.05, 0.1) is 18.2 Å². The summed E-state index contributed by atoms with van der Waals surface area (Å²) in [5.41, 5.74) is 1.62. The summed E-state index contributed by atoms with van der Waals surface area (Å²) < 4.78 is 0.806. The Morgan fingerprint density at radius 1 is 1.56 bits per heavy atom. The highest BCUT2D eigenvalue weighted by Gasteiger charge is 2.14. The van der Waals surface area contributed by atoms with Crippen LogP contribution >= 0.6 is 15.9 Å². The topological polar surface area (TPSA) is 49.3 Å². The fourth-order valence-electron chi connectivity index (χ4n) is 1.36. The fourth-order valence-corrected chi connectivity index (χ4v) is 1.81. The third-order valence-electron chi connectivity index (χ3n) is 2.48. The first kappa shape index (κ1) is 13.2. The number of nitrogens with one attached hydrogen (secondary N) is 1. The Morgan fingerprint density at radius 2 is 2.25 bits per heavy atom. The monoisotopic (exact) mass is 285 g/mol. The van der Waals surface area contributed by atoms with Crippen LogP contribution in [-0.2, 0) is 0 Å². The average Bonchev–Trinajstić information content (AvgIpc) is 2.29. The number of amides is 1. The smallest absolute Gasteiger partial charge is 0.252 e. The minimum Gasteiger partial charge on any atom is -0.394 e. The first-order valence-electron chi connectivity index (χ1n) is 5.27. The predicted molar refractivity (Wildman–Crippen MR) is 67.5 cm³/mol. The largest absolute Gasteiger partial charge is 0.394 e. The lowest BCUT2D eigenvalue weighted by molar-refractivity contribution is 0.0914. The van der Waals surface area contributed by atoms with Crippen molar-refractivity contribution >= 4 is 21.8 Å². The molecule has 0 saturated carbocycles. The van der Waals surface area contributed by atoms with Crippen molar-refractivity contribution < 1.29 is 9.90 Å². The van der Waals surface area contributed by atoms with Crippen molar-refractivity contribution in [2.24, 2.45) is 0 Å². The molecule has 1 atom stereocenters. The van der Waals surface area contributed by atoms with E-state index in [4.69, 9.17) is 5.11 Å². The first-order valence-corrected chi connectivity index (χ1v) is 6.06. The number of hydrogen-bond donors (Lipinski definition) is 2. The molecule has 1 aromatic rings. The second kappa shape index (κ2) is 6.01. The molecule has 0 aromatic heterocycles. The van der Waals surface area contributed by atoms with Crippen LogP contribution < -0.4 is 5.32 Å². The van der Waals surface area contributed by atoms with E-state index in [2.05, 4.69) is 21.2 Å². The highest BCUT2D eigenvalue weighted by Crippen LogP contribution is 2.20. The van der Waals surface area contributed by atoms with Crippen LogP contribution in [0, 0.1) is 6.92 Å². The van der Waals surface area contributed by atoms with Crippen LogP contribution in [0.25, 0.3) is 0 Å². The van der Waals surface area contributed by atoms with Gasteiger partial charge in [-0.25, -0.2) is 0 Å². The van der Waals surface area contributed by atoms with E-state index < -0.39 is 0 Å². The van der Waals surface area contributed by atoms with Gasteiger partial charge in [0.2, 0.25) is 0 Å². The quantitative estimate of drug-likeness (QED) is 0.892. The van der Waals surface area contributed by atoms with E-state index in [1.54, 1.807) is 6.07 Å². The second-order valence-corrected chi connectivity index (χ2v) is 4.49. The summed E-state index contributed by atoms with van der Waals surface area (Å²) in [7, 11) is 0. The number of carbonyl (C=O) groups is 1. The maximum absolute atomic E-state index is 11.9. The molecular formula is C12H16BrNO2. The molecule has 88 valence electrons. The van der Waals surface area contributed by atoms with Gasteiger partial charge in [0, 0.05) is 4.47 Å². The van der Waals surface area contributed by atoms with E-state index in [9.17, 15) is 4.79 Å². The summed E-state index contributed by atoms with van der Waals surface area (Å²) in [5, 5.41) is 11.8.